The average Bonchev–Trinajstić information content (AvgIpc) is 2.29. The molecular weight excluding hydrogens is 242 g/mol. The van der Waals surface area contributed by atoms with Crippen LogP contribution in [-0.4, -0.2) is 16.4 Å². The van der Waals surface area contributed by atoms with Crippen LogP contribution in [0.2, 0.25) is 0 Å². The zero-order valence-corrected chi connectivity index (χ0v) is 10.6. The van der Waals surface area contributed by atoms with Crippen molar-refractivity contribution >= 4 is 29.2 Å². The van der Waals surface area contributed by atoms with Gasteiger partial charge in [-0.25, -0.2) is 0 Å². The quantitative estimate of drug-likeness (QED) is 0.596. The van der Waals surface area contributed by atoms with Gasteiger partial charge in [-0.2, -0.15) is 0 Å². The lowest BCUT2D eigenvalue weighted by Gasteiger charge is -2.21. The summed E-state index contributed by atoms with van der Waals surface area (Å²) in [5.41, 5.74) is 2.18. The van der Waals surface area contributed by atoms with Gasteiger partial charge in [-0.1, -0.05) is 6.07 Å². The van der Waals surface area contributed by atoms with Crippen LogP contribution in [0.25, 0.3) is 0 Å². The third-order valence-corrected chi connectivity index (χ3v) is 5.53. The molecule has 3 nitrogen and oxygen atoms in total. The molecule has 0 radical (unpaired) electrons. The number of thioether (sulfide) groups is 2. The van der Waals surface area contributed by atoms with Gasteiger partial charge in [0.1, 0.15) is 0 Å². The fourth-order valence-electron chi connectivity index (χ4n) is 1.71. The summed E-state index contributed by atoms with van der Waals surface area (Å²) in [6.07, 6.45) is 1.26. The van der Waals surface area contributed by atoms with E-state index in [1.54, 1.807) is 13.0 Å². The summed E-state index contributed by atoms with van der Waals surface area (Å²) in [4.78, 5) is 10.4. The minimum Gasteiger partial charge on any atom is -0.258 e. The second-order valence-corrected chi connectivity index (χ2v) is 6.45. The van der Waals surface area contributed by atoms with Crippen LogP contribution in [-0.2, 0) is 0 Å². The van der Waals surface area contributed by atoms with Crippen LogP contribution in [0.4, 0.5) is 5.69 Å². The topological polar surface area (TPSA) is 43.1 Å². The maximum absolute atomic E-state index is 10.7. The molecule has 1 aromatic rings. The highest BCUT2D eigenvalue weighted by Gasteiger charge is 2.19. The van der Waals surface area contributed by atoms with Crippen molar-refractivity contribution in [3.05, 3.63) is 39.4 Å². The molecule has 2 rings (SSSR count). The number of hydrogen-bond donors (Lipinski definition) is 0. The lowest BCUT2D eigenvalue weighted by molar-refractivity contribution is -0.385. The van der Waals surface area contributed by atoms with E-state index in [1.807, 2.05) is 35.7 Å². The number of nitrogens with zero attached hydrogens (tertiary/aromatic N) is 1. The highest BCUT2D eigenvalue weighted by molar-refractivity contribution is 8.16. The minimum atomic E-state index is -0.319. The number of aryl methyl sites for hydroxylation is 1. The van der Waals surface area contributed by atoms with E-state index in [0.29, 0.717) is 4.58 Å². The Labute approximate surface area is 103 Å². The third kappa shape index (κ3) is 2.52. The normalized spacial score (nSPS) is 17.3. The highest BCUT2D eigenvalue weighted by Crippen LogP contribution is 2.44. The zero-order valence-electron chi connectivity index (χ0n) is 9.01. The smallest absolute Gasteiger partial charge is 0.258 e. The third-order valence-electron chi connectivity index (χ3n) is 2.52. The molecule has 1 saturated heterocycles. The predicted octanol–water partition coefficient (Wildman–Crippen LogP) is 3.77. The first-order valence-electron chi connectivity index (χ1n) is 5.16. The van der Waals surface area contributed by atoms with Gasteiger partial charge in [0.15, 0.2) is 0 Å². The Morgan fingerprint density at radius 3 is 2.62 bits per heavy atom. The molecule has 5 heteroatoms. The fourth-order valence-corrected chi connectivity index (χ4v) is 4.58. The van der Waals surface area contributed by atoms with Gasteiger partial charge < -0.3 is 0 Å². The molecular formula is C11H13NO2S2. The molecule has 0 bridgehead atoms. The highest BCUT2D eigenvalue weighted by atomic mass is 32.2. The number of hydrogen-bond acceptors (Lipinski definition) is 4. The van der Waals surface area contributed by atoms with E-state index in [-0.39, 0.29) is 10.6 Å². The van der Waals surface area contributed by atoms with E-state index < -0.39 is 0 Å². The van der Waals surface area contributed by atoms with Crippen LogP contribution in [0.3, 0.4) is 0 Å². The molecule has 1 aliphatic heterocycles. The molecule has 1 fully saturated rings. The van der Waals surface area contributed by atoms with Crippen LogP contribution in [0.5, 0.6) is 0 Å². The van der Waals surface area contributed by atoms with Crippen molar-refractivity contribution in [3.8, 4) is 0 Å². The van der Waals surface area contributed by atoms with Gasteiger partial charge in [-0.15, -0.1) is 23.5 Å². The summed E-state index contributed by atoms with van der Waals surface area (Å²) in [5.74, 6) is 2.38. The van der Waals surface area contributed by atoms with Gasteiger partial charge in [0, 0.05) is 11.6 Å². The van der Waals surface area contributed by atoms with Crippen LogP contribution in [0, 0.1) is 17.0 Å². The van der Waals surface area contributed by atoms with Gasteiger partial charge >= 0.3 is 0 Å². The molecule has 0 saturated carbocycles. The molecule has 0 amide bonds. The Kier molecular flexibility index (Phi) is 3.76. The number of benzene rings is 1. The van der Waals surface area contributed by atoms with E-state index in [9.17, 15) is 10.1 Å². The minimum absolute atomic E-state index is 0.217. The van der Waals surface area contributed by atoms with Crippen molar-refractivity contribution in [2.24, 2.45) is 0 Å². The van der Waals surface area contributed by atoms with Crippen molar-refractivity contribution in [1.82, 2.24) is 0 Å². The summed E-state index contributed by atoms with van der Waals surface area (Å²) in [5, 5.41) is 10.7. The lowest BCUT2D eigenvalue weighted by Crippen LogP contribution is -2.01. The van der Waals surface area contributed by atoms with Gasteiger partial charge in [-0.3, -0.25) is 10.1 Å². The van der Waals surface area contributed by atoms with Crippen molar-refractivity contribution in [1.29, 1.82) is 0 Å². The molecule has 0 unspecified atom stereocenters. The van der Waals surface area contributed by atoms with Crippen LogP contribution >= 0.6 is 23.5 Å². The summed E-state index contributed by atoms with van der Waals surface area (Å²) >= 11 is 3.86. The number of nitro groups is 1. The van der Waals surface area contributed by atoms with Crippen molar-refractivity contribution in [2.45, 2.75) is 17.9 Å². The number of nitro benzene ring substituents is 1. The molecule has 0 aromatic heterocycles. The molecule has 0 aliphatic carbocycles. The van der Waals surface area contributed by atoms with E-state index in [0.717, 1.165) is 5.56 Å². The molecule has 0 atom stereocenters. The first kappa shape index (κ1) is 11.8. The molecule has 1 aromatic carbocycles. The first-order chi connectivity index (χ1) is 7.68. The molecule has 16 heavy (non-hydrogen) atoms. The zero-order chi connectivity index (χ0) is 11.5. The van der Waals surface area contributed by atoms with Crippen LogP contribution in [0.15, 0.2) is 18.2 Å². The van der Waals surface area contributed by atoms with Crippen molar-refractivity contribution in [2.75, 3.05) is 11.5 Å². The Hall–Kier alpha value is -0.680. The van der Waals surface area contributed by atoms with E-state index >= 15 is 0 Å². The predicted molar refractivity (Wildman–Crippen MR) is 70.1 cm³/mol. The molecule has 0 N–H and O–H groups in total. The summed E-state index contributed by atoms with van der Waals surface area (Å²) in [6, 6.07) is 5.47. The monoisotopic (exact) mass is 255 g/mol. The van der Waals surface area contributed by atoms with Gasteiger partial charge in [0.05, 0.1) is 9.51 Å². The first-order valence-corrected chi connectivity index (χ1v) is 7.26. The Bertz CT molecular complexity index is 403. The summed E-state index contributed by atoms with van der Waals surface area (Å²) < 4.78 is 0.452. The summed E-state index contributed by atoms with van der Waals surface area (Å²) in [7, 11) is 0. The van der Waals surface area contributed by atoms with Crippen LogP contribution < -0.4 is 0 Å². The van der Waals surface area contributed by atoms with Crippen molar-refractivity contribution < 1.29 is 4.92 Å². The van der Waals surface area contributed by atoms with Gasteiger partial charge in [0.25, 0.3) is 5.69 Å². The van der Waals surface area contributed by atoms with Gasteiger partial charge in [0.2, 0.25) is 0 Å². The van der Waals surface area contributed by atoms with E-state index in [1.165, 1.54) is 23.5 Å². The van der Waals surface area contributed by atoms with Gasteiger partial charge in [-0.05, 0) is 36.5 Å². The fraction of sp³-hybridized carbons (Fsp3) is 0.455. The number of rotatable bonds is 2. The van der Waals surface area contributed by atoms with E-state index in [4.69, 9.17) is 0 Å². The second-order valence-electron chi connectivity index (χ2n) is 3.73. The maximum atomic E-state index is 10.7. The standard InChI is InChI=1S/C11H13NO2S2/c1-8-7-9(3-4-10(8)12(13)14)11-15-5-2-6-16-11/h3-4,7,11H,2,5-6H2,1H3. The summed E-state index contributed by atoms with van der Waals surface area (Å²) in [6.45, 7) is 1.81. The SMILES string of the molecule is Cc1cc(C2SCCCS2)ccc1[N+](=O)[O-]. The Morgan fingerprint density at radius 2 is 2.06 bits per heavy atom. The molecule has 1 aliphatic rings. The Morgan fingerprint density at radius 1 is 1.38 bits per heavy atom. The van der Waals surface area contributed by atoms with Crippen LogP contribution in [0.1, 0.15) is 22.1 Å². The largest absolute Gasteiger partial charge is 0.272 e. The van der Waals surface area contributed by atoms with Crippen molar-refractivity contribution in [3.63, 3.8) is 0 Å². The molecule has 1 heterocycles. The molecule has 0 spiro atoms. The van der Waals surface area contributed by atoms with E-state index in [2.05, 4.69) is 0 Å². The Balaban J connectivity index is 2.23. The molecule has 86 valence electrons. The second kappa shape index (κ2) is 5.10. The lowest BCUT2D eigenvalue weighted by atomic mass is 10.1. The average molecular weight is 255 g/mol. The maximum Gasteiger partial charge on any atom is 0.272 e.